The molecule has 2 amide bonds. The van der Waals surface area contributed by atoms with Gasteiger partial charge in [0.05, 0.1) is 12.1 Å². The smallest absolute Gasteiger partial charge is 0.376 e. The van der Waals surface area contributed by atoms with Gasteiger partial charge in [-0.2, -0.15) is 13.2 Å². The fourth-order valence-electron chi connectivity index (χ4n) is 2.70. The summed E-state index contributed by atoms with van der Waals surface area (Å²) in [6.07, 6.45) is -4.51. The van der Waals surface area contributed by atoms with Gasteiger partial charge in [0.15, 0.2) is 0 Å². The van der Waals surface area contributed by atoms with Crippen molar-refractivity contribution in [1.82, 2.24) is 0 Å². The molecule has 9 heteroatoms. The molecule has 0 atom stereocenters. The first-order valence-electron chi connectivity index (χ1n) is 9.09. The van der Waals surface area contributed by atoms with Crippen LogP contribution in [0.1, 0.15) is 15.9 Å². The van der Waals surface area contributed by atoms with E-state index in [2.05, 4.69) is 31.9 Å². The van der Waals surface area contributed by atoms with E-state index in [0.29, 0.717) is 5.69 Å². The molecule has 0 heterocycles. The summed E-state index contributed by atoms with van der Waals surface area (Å²) in [4.78, 5) is 24.6. The van der Waals surface area contributed by atoms with Crippen LogP contribution in [0.3, 0.4) is 0 Å². The van der Waals surface area contributed by atoms with Gasteiger partial charge in [0.1, 0.15) is 0 Å². The normalized spacial score (nSPS) is 11.0. The topological polar surface area (TPSA) is 70.2 Å². The van der Waals surface area contributed by atoms with Crippen molar-refractivity contribution in [3.8, 4) is 0 Å². The highest BCUT2D eigenvalue weighted by atomic mass is 79.9. The van der Waals surface area contributed by atoms with Gasteiger partial charge in [-0.15, -0.1) is 0 Å². The third kappa shape index (κ3) is 6.58. The molecule has 3 N–H and O–H groups in total. The van der Waals surface area contributed by atoms with E-state index in [1.165, 1.54) is 24.3 Å². The van der Waals surface area contributed by atoms with E-state index < -0.39 is 17.6 Å². The number of rotatable bonds is 6. The standard InChI is InChI=1S/C22H17BrF3N3O2/c23-16-6-3-7-17(12-16)27-13-20(30)28-18-8-1-4-14(10-18)21(31)29-19-9-2-5-15(11-19)22(24,25)26/h1-12,27H,13H2,(H,28,30)(H,29,31). The van der Waals surface area contributed by atoms with Crippen LogP contribution in [0.5, 0.6) is 0 Å². The molecule has 3 aromatic rings. The van der Waals surface area contributed by atoms with Crippen LogP contribution in [0.15, 0.2) is 77.3 Å². The van der Waals surface area contributed by atoms with E-state index in [-0.39, 0.29) is 23.7 Å². The first-order valence-corrected chi connectivity index (χ1v) is 9.88. The maximum absolute atomic E-state index is 12.8. The van der Waals surface area contributed by atoms with Gasteiger partial charge in [-0.3, -0.25) is 9.59 Å². The zero-order chi connectivity index (χ0) is 22.4. The summed E-state index contributed by atoms with van der Waals surface area (Å²) in [6, 6.07) is 17.8. The maximum Gasteiger partial charge on any atom is 0.416 e. The Morgan fingerprint density at radius 1 is 0.806 bits per heavy atom. The fourth-order valence-corrected chi connectivity index (χ4v) is 3.10. The third-order valence-electron chi connectivity index (χ3n) is 4.13. The zero-order valence-corrected chi connectivity index (χ0v) is 17.5. The summed E-state index contributed by atoms with van der Waals surface area (Å²) in [5, 5.41) is 8.09. The summed E-state index contributed by atoms with van der Waals surface area (Å²) < 4.78 is 39.4. The van der Waals surface area contributed by atoms with Gasteiger partial charge in [-0.25, -0.2) is 0 Å². The summed E-state index contributed by atoms with van der Waals surface area (Å²) in [5.41, 5.74) is 0.503. The molecule has 3 aromatic carbocycles. The van der Waals surface area contributed by atoms with Crippen LogP contribution in [0.4, 0.5) is 30.2 Å². The summed E-state index contributed by atoms with van der Waals surface area (Å²) in [7, 11) is 0. The van der Waals surface area contributed by atoms with Gasteiger partial charge in [-0.05, 0) is 54.6 Å². The molecule has 3 rings (SSSR count). The number of hydrogen-bond acceptors (Lipinski definition) is 3. The van der Waals surface area contributed by atoms with Gasteiger partial charge in [0, 0.05) is 27.1 Å². The Labute approximate surface area is 184 Å². The average molecular weight is 492 g/mol. The molecule has 31 heavy (non-hydrogen) atoms. The van der Waals surface area contributed by atoms with E-state index in [1.54, 1.807) is 12.1 Å². The second kappa shape index (κ2) is 9.65. The van der Waals surface area contributed by atoms with E-state index in [0.717, 1.165) is 22.3 Å². The van der Waals surface area contributed by atoms with Crippen molar-refractivity contribution in [2.75, 3.05) is 22.5 Å². The lowest BCUT2D eigenvalue weighted by atomic mass is 10.1. The molecule has 0 unspecified atom stereocenters. The third-order valence-corrected chi connectivity index (χ3v) is 4.63. The molecule has 0 aliphatic heterocycles. The molecule has 160 valence electrons. The largest absolute Gasteiger partial charge is 0.416 e. The molecule has 0 aliphatic rings. The highest BCUT2D eigenvalue weighted by Crippen LogP contribution is 2.30. The van der Waals surface area contributed by atoms with Gasteiger partial charge in [0.25, 0.3) is 5.91 Å². The van der Waals surface area contributed by atoms with E-state index >= 15 is 0 Å². The Bertz CT molecular complexity index is 1100. The Kier molecular flexibility index (Phi) is 6.96. The zero-order valence-electron chi connectivity index (χ0n) is 16.0. The predicted octanol–water partition coefficient (Wildman–Crippen LogP) is 5.77. The van der Waals surface area contributed by atoms with Crippen molar-refractivity contribution in [3.05, 3.63) is 88.4 Å². The second-order valence-electron chi connectivity index (χ2n) is 6.53. The minimum absolute atomic E-state index is 0.0110. The number of amides is 2. The number of halogens is 4. The molecule has 0 aromatic heterocycles. The first kappa shape index (κ1) is 22.4. The summed E-state index contributed by atoms with van der Waals surface area (Å²) >= 11 is 3.35. The monoisotopic (exact) mass is 491 g/mol. The van der Waals surface area contributed by atoms with Crippen molar-refractivity contribution >= 4 is 44.8 Å². The van der Waals surface area contributed by atoms with Crippen LogP contribution in [-0.4, -0.2) is 18.4 Å². The molecule has 0 fully saturated rings. The van der Waals surface area contributed by atoms with Crippen molar-refractivity contribution in [2.45, 2.75) is 6.18 Å². The predicted molar refractivity (Wildman–Crippen MR) is 117 cm³/mol. The number of carbonyl (C=O) groups excluding carboxylic acids is 2. The van der Waals surface area contributed by atoms with Crippen LogP contribution < -0.4 is 16.0 Å². The lowest BCUT2D eigenvalue weighted by Gasteiger charge is -2.11. The molecule has 0 radical (unpaired) electrons. The lowest BCUT2D eigenvalue weighted by Crippen LogP contribution is -2.22. The maximum atomic E-state index is 12.8. The van der Waals surface area contributed by atoms with E-state index in [1.807, 2.05) is 24.3 Å². The Balaban J connectivity index is 1.61. The minimum Gasteiger partial charge on any atom is -0.376 e. The number of benzene rings is 3. The summed E-state index contributed by atoms with van der Waals surface area (Å²) in [6.45, 7) is 0.0110. The molecule has 0 saturated carbocycles. The molecule has 0 bridgehead atoms. The number of hydrogen-bond donors (Lipinski definition) is 3. The Morgan fingerprint density at radius 3 is 2.16 bits per heavy atom. The SMILES string of the molecule is O=C(CNc1cccc(Br)c1)Nc1cccc(C(=O)Nc2cccc(C(F)(F)F)c2)c1. The van der Waals surface area contributed by atoms with E-state index in [9.17, 15) is 22.8 Å². The van der Waals surface area contributed by atoms with Crippen LogP contribution in [0.2, 0.25) is 0 Å². The first-order chi connectivity index (χ1) is 14.7. The van der Waals surface area contributed by atoms with Crippen molar-refractivity contribution in [3.63, 3.8) is 0 Å². The van der Waals surface area contributed by atoms with Gasteiger partial charge in [-0.1, -0.05) is 34.1 Å². The number of anilines is 3. The molecule has 0 aliphatic carbocycles. The molecule has 0 saturated heterocycles. The highest BCUT2D eigenvalue weighted by Gasteiger charge is 2.30. The van der Waals surface area contributed by atoms with Crippen LogP contribution in [-0.2, 0) is 11.0 Å². The van der Waals surface area contributed by atoms with Gasteiger partial charge < -0.3 is 16.0 Å². The molecular formula is C22H17BrF3N3O2. The quantitative estimate of drug-likeness (QED) is 0.409. The van der Waals surface area contributed by atoms with Crippen LogP contribution in [0, 0.1) is 0 Å². The number of nitrogens with one attached hydrogen (secondary N) is 3. The van der Waals surface area contributed by atoms with Gasteiger partial charge >= 0.3 is 6.18 Å². The average Bonchev–Trinajstić information content (AvgIpc) is 2.72. The van der Waals surface area contributed by atoms with Crippen molar-refractivity contribution in [2.24, 2.45) is 0 Å². The van der Waals surface area contributed by atoms with E-state index in [4.69, 9.17) is 0 Å². The van der Waals surface area contributed by atoms with Crippen molar-refractivity contribution in [1.29, 1.82) is 0 Å². The molecule has 5 nitrogen and oxygen atoms in total. The summed E-state index contributed by atoms with van der Waals surface area (Å²) in [5.74, 6) is -0.918. The number of carbonyl (C=O) groups is 2. The second-order valence-corrected chi connectivity index (χ2v) is 7.44. The fraction of sp³-hybridized carbons (Fsp3) is 0.0909. The van der Waals surface area contributed by atoms with Crippen molar-refractivity contribution < 1.29 is 22.8 Å². The Hall–Kier alpha value is -3.33. The minimum atomic E-state index is -4.51. The Morgan fingerprint density at radius 2 is 1.45 bits per heavy atom. The lowest BCUT2D eigenvalue weighted by molar-refractivity contribution is -0.137. The van der Waals surface area contributed by atoms with Gasteiger partial charge in [0.2, 0.25) is 5.91 Å². The van der Waals surface area contributed by atoms with Crippen LogP contribution in [0.25, 0.3) is 0 Å². The molecular weight excluding hydrogens is 475 g/mol. The molecule has 0 spiro atoms. The van der Waals surface area contributed by atoms with Crippen LogP contribution >= 0.6 is 15.9 Å². The highest BCUT2D eigenvalue weighted by molar-refractivity contribution is 9.10. The number of alkyl halides is 3.